The van der Waals surface area contributed by atoms with Crippen LogP contribution in [0.3, 0.4) is 0 Å². The molecule has 5 rings (SSSR count). The Morgan fingerprint density at radius 1 is 0.742 bits per heavy atom. The molecule has 0 aliphatic rings. The molecule has 152 valence electrons. The van der Waals surface area contributed by atoms with Gasteiger partial charge in [0.15, 0.2) is 0 Å². The minimum Gasteiger partial charge on any atom is -0.457 e. The van der Waals surface area contributed by atoms with Gasteiger partial charge in [0.1, 0.15) is 23.1 Å². The molecule has 0 atom stereocenters. The van der Waals surface area contributed by atoms with E-state index in [9.17, 15) is 0 Å². The van der Waals surface area contributed by atoms with Crippen molar-refractivity contribution in [2.24, 2.45) is 0 Å². The van der Waals surface area contributed by atoms with Gasteiger partial charge >= 0.3 is 0 Å². The molecule has 0 aliphatic heterocycles. The van der Waals surface area contributed by atoms with Crippen molar-refractivity contribution in [1.82, 2.24) is 9.97 Å². The summed E-state index contributed by atoms with van der Waals surface area (Å²) in [7, 11) is 0. The Morgan fingerprint density at radius 3 is 2.42 bits per heavy atom. The molecular weight excluding hydrogens is 402 g/mol. The first kappa shape index (κ1) is 19.3. The van der Waals surface area contributed by atoms with E-state index >= 15 is 0 Å². The van der Waals surface area contributed by atoms with Crippen molar-refractivity contribution in [3.63, 3.8) is 0 Å². The van der Waals surface area contributed by atoms with Crippen molar-refractivity contribution in [3.05, 3.63) is 102 Å². The first-order valence-corrected chi connectivity index (χ1v) is 11.0. The van der Waals surface area contributed by atoms with Crippen LogP contribution in [0.2, 0.25) is 0 Å². The third-order valence-electron chi connectivity index (χ3n) is 5.06. The van der Waals surface area contributed by atoms with Gasteiger partial charge in [0.25, 0.3) is 0 Å². The Morgan fingerprint density at radius 2 is 1.52 bits per heavy atom. The van der Waals surface area contributed by atoms with E-state index in [0.29, 0.717) is 5.82 Å². The quantitative estimate of drug-likeness (QED) is 0.338. The molecule has 5 heteroatoms. The van der Waals surface area contributed by atoms with Gasteiger partial charge in [-0.15, -0.1) is 11.3 Å². The number of fused-ring (bicyclic) bond motifs is 1. The summed E-state index contributed by atoms with van der Waals surface area (Å²) in [6, 6.07) is 30.2. The van der Waals surface area contributed by atoms with Crippen LogP contribution >= 0.6 is 11.3 Å². The Bertz CT molecular complexity index is 1330. The zero-order chi connectivity index (χ0) is 21.0. The second-order valence-electron chi connectivity index (χ2n) is 7.22. The van der Waals surface area contributed by atoms with Gasteiger partial charge in [0.05, 0.1) is 5.52 Å². The van der Waals surface area contributed by atoms with Crippen LogP contribution in [-0.4, -0.2) is 9.97 Å². The number of benzene rings is 3. The van der Waals surface area contributed by atoms with Crippen LogP contribution in [0.5, 0.6) is 11.5 Å². The van der Waals surface area contributed by atoms with E-state index in [2.05, 4.69) is 28.2 Å². The van der Waals surface area contributed by atoms with E-state index in [0.717, 1.165) is 46.6 Å². The van der Waals surface area contributed by atoms with Crippen LogP contribution in [-0.2, 0) is 12.8 Å². The first-order valence-electron chi connectivity index (χ1n) is 10.2. The monoisotopic (exact) mass is 423 g/mol. The predicted molar refractivity (Wildman–Crippen MR) is 128 cm³/mol. The van der Waals surface area contributed by atoms with Crippen molar-refractivity contribution in [2.75, 3.05) is 5.73 Å². The molecule has 3 aromatic carbocycles. The van der Waals surface area contributed by atoms with E-state index < -0.39 is 0 Å². The summed E-state index contributed by atoms with van der Waals surface area (Å²) in [5.41, 5.74) is 8.11. The molecule has 2 N–H and O–H groups in total. The number of aryl methyl sites for hydroxylation is 2. The number of anilines is 1. The van der Waals surface area contributed by atoms with Crippen LogP contribution in [0.15, 0.2) is 91.0 Å². The van der Waals surface area contributed by atoms with Gasteiger partial charge in [-0.1, -0.05) is 42.5 Å². The Kier molecular flexibility index (Phi) is 5.33. The number of hydrogen-bond acceptors (Lipinski definition) is 5. The standard InChI is InChI=1S/C26H21N3OS/c27-26-20-10-4-6-12-22(20)28-25(29-26)17-15-19-14-16-24(31-19)21-11-5-7-13-23(21)30-18-8-2-1-3-9-18/h1-14,16H,15,17H2,(H2,27,28,29). The predicted octanol–water partition coefficient (Wildman–Crippen LogP) is 6.52. The minimum atomic E-state index is 0.541. The van der Waals surface area contributed by atoms with Gasteiger partial charge in [-0.3, -0.25) is 0 Å². The maximum Gasteiger partial charge on any atom is 0.136 e. The first-order chi connectivity index (χ1) is 15.3. The number of hydrogen-bond donors (Lipinski definition) is 1. The highest BCUT2D eigenvalue weighted by atomic mass is 32.1. The molecule has 5 aromatic rings. The average molecular weight is 424 g/mol. The van der Waals surface area contributed by atoms with Gasteiger partial charge < -0.3 is 10.5 Å². The third-order valence-corrected chi connectivity index (χ3v) is 6.24. The highest BCUT2D eigenvalue weighted by molar-refractivity contribution is 7.15. The second-order valence-corrected chi connectivity index (χ2v) is 8.39. The van der Waals surface area contributed by atoms with Gasteiger partial charge in [-0.2, -0.15) is 0 Å². The van der Waals surface area contributed by atoms with E-state index in [1.807, 2.05) is 72.8 Å². The van der Waals surface area contributed by atoms with E-state index in [4.69, 9.17) is 10.5 Å². The summed E-state index contributed by atoms with van der Waals surface area (Å²) in [5.74, 6) is 3.00. The van der Waals surface area contributed by atoms with Crippen LogP contribution in [0, 0.1) is 0 Å². The molecule has 2 aromatic heterocycles. The fourth-order valence-electron chi connectivity index (χ4n) is 3.53. The molecule has 0 aliphatic carbocycles. The summed E-state index contributed by atoms with van der Waals surface area (Å²) in [6.07, 6.45) is 1.61. The van der Waals surface area contributed by atoms with Gasteiger partial charge in [-0.25, -0.2) is 9.97 Å². The lowest BCUT2D eigenvalue weighted by Crippen LogP contribution is -2.02. The summed E-state index contributed by atoms with van der Waals surface area (Å²) in [6.45, 7) is 0. The van der Waals surface area contributed by atoms with Crippen molar-refractivity contribution >= 4 is 28.1 Å². The Balaban J connectivity index is 1.34. The number of nitrogens with zero attached hydrogens (tertiary/aromatic N) is 2. The summed E-state index contributed by atoms with van der Waals surface area (Å²) in [5, 5.41) is 0.902. The molecule has 0 saturated carbocycles. The summed E-state index contributed by atoms with van der Waals surface area (Å²) < 4.78 is 6.13. The van der Waals surface area contributed by atoms with Gasteiger partial charge in [-0.05, 0) is 55.0 Å². The zero-order valence-electron chi connectivity index (χ0n) is 16.9. The van der Waals surface area contributed by atoms with Crippen LogP contribution in [0.1, 0.15) is 10.7 Å². The van der Waals surface area contributed by atoms with E-state index in [1.54, 1.807) is 11.3 Å². The molecule has 2 heterocycles. The van der Waals surface area contributed by atoms with E-state index in [-0.39, 0.29) is 0 Å². The molecule has 0 unspecified atom stereocenters. The molecular formula is C26H21N3OS. The highest BCUT2D eigenvalue weighted by Crippen LogP contribution is 2.37. The van der Waals surface area contributed by atoms with Crippen molar-refractivity contribution in [1.29, 1.82) is 0 Å². The smallest absolute Gasteiger partial charge is 0.136 e. The molecule has 4 nitrogen and oxygen atoms in total. The lowest BCUT2D eigenvalue weighted by Gasteiger charge is -2.09. The van der Waals surface area contributed by atoms with Crippen LogP contribution in [0.25, 0.3) is 21.3 Å². The number of aromatic nitrogens is 2. The number of thiophene rings is 1. The molecule has 0 radical (unpaired) electrons. The lowest BCUT2D eigenvalue weighted by atomic mass is 10.1. The van der Waals surface area contributed by atoms with Crippen LogP contribution in [0.4, 0.5) is 5.82 Å². The lowest BCUT2D eigenvalue weighted by molar-refractivity contribution is 0.484. The number of para-hydroxylation sites is 3. The normalized spacial score (nSPS) is 11.0. The SMILES string of the molecule is Nc1nc(CCc2ccc(-c3ccccc3Oc3ccccc3)s2)nc2ccccc12. The van der Waals surface area contributed by atoms with Gasteiger partial charge in [0.2, 0.25) is 0 Å². The molecule has 0 fully saturated rings. The third kappa shape index (κ3) is 4.27. The largest absolute Gasteiger partial charge is 0.457 e. The zero-order valence-corrected chi connectivity index (χ0v) is 17.7. The van der Waals surface area contributed by atoms with Crippen molar-refractivity contribution in [2.45, 2.75) is 12.8 Å². The molecule has 0 saturated heterocycles. The Hall–Kier alpha value is -3.70. The Labute approximate surface area is 185 Å². The molecule has 0 amide bonds. The minimum absolute atomic E-state index is 0.541. The second kappa shape index (κ2) is 8.58. The topological polar surface area (TPSA) is 61.0 Å². The van der Waals surface area contributed by atoms with Gasteiger partial charge in [0, 0.05) is 27.1 Å². The molecule has 0 spiro atoms. The van der Waals surface area contributed by atoms with Crippen molar-refractivity contribution < 1.29 is 4.74 Å². The molecule has 31 heavy (non-hydrogen) atoms. The fraction of sp³-hybridized carbons (Fsp3) is 0.0769. The number of ether oxygens (including phenoxy) is 1. The molecule has 0 bridgehead atoms. The maximum atomic E-state index is 6.13. The van der Waals surface area contributed by atoms with Crippen molar-refractivity contribution in [3.8, 4) is 21.9 Å². The average Bonchev–Trinajstić information content (AvgIpc) is 3.28. The maximum absolute atomic E-state index is 6.13. The van der Waals surface area contributed by atoms with E-state index in [1.165, 1.54) is 9.75 Å². The number of nitrogen functional groups attached to an aromatic ring is 1. The number of rotatable bonds is 6. The number of nitrogens with two attached hydrogens (primary N) is 1. The summed E-state index contributed by atoms with van der Waals surface area (Å²) in [4.78, 5) is 11.6. The van der Waals surface area contributed by atoms with Crippen LogP contribution < -0.4 is 10.5 Å². The summed E-state index contributed by atoms with van der Waals surface area (Å²) >= 11 is 1.77. The fourth-order valence-corrected chi connectivity index (χ4v) is 4.57. The highest BCUT2D eigenvalue weighted by Gasteiger charge is 2.11.